The van der Waals surface area contributed by atoms with Gasteiger partial charge in [-0.15, -0.1) is 0 Å². The minimum absolute atomic E-state index is 0.203. The van der Waals surface area contributed by atoms with Crippen LogP contribution in [0.2, 0.25) is 0 Å². The van der Waals surface area contributed by atoms with Crippen molar-refractivity contribution in [1.29, 1.82) is 0 Å². The van der Waals surface area contributed by atoms with E-state index >= 15 is 0 Å². The summed E-state index contributed by atoms with van der Waals surface area (Å²) >= 11 is 0. The fourth-order valence-corrected chi connectivity index (χ4v) is 3.32. The van der Waals surface area contributed by atoms with Crippen LogP contribution in [0, 0.1) is 0 Å². The summed E-state index contributed by atoms with van der Waals surface area (Å²) in [5, 5.41) is 3.46. The molecule has 0 aliphatic carbocycles. The first-order valence-corrected chi connectivity index (χ1v) is 8.79. The molecule has 1 aromatic rings. The van der Waals surface area contributed by atoms with Crippen LogP contribution >= 0.6 is 0 Å². The fraction of sp³-hybridized carbons (Fsp3) is 0.611. The Labute approximate surface area is 143 Å². The van der Waals surface area contributed by atoms with Crippen LogP contribution in [0.4, 0.5) is 5.69 Å². The minimum atomic E-state index is -0.203. The lowest BCUT2D eigenvalue weighted by Gasteiger charge is -2.25. The van der Waals surface area contributed by atoms with Crippen molar-refractivity contribution >= 4 is 11.6 Å². The van der Waals surface area contributed by atoms with Gasteiger partial charge in [0.25, 0.3) is 5.91 Å². The highest BCUT2D eigenvalue weighted by Gasteiger charge is 2.22. The molecule has 2 fully saturated rings. The second-order valence-electron chi connectivity index (χ2n) is 6.60. The van der Waals surface area contributed by atoms with Crippen molar-refractivity contribution in [2.24, 2.45) is 0 Å². The number of hydroxylamine groups is 1. The first-order valence-electron chi connectivity index (χ1n) is 8.79. The van der Waals surface area contributed by atoms with Gasteiger partial charge in [0.15, 0.2) is 0 Å². The van der Waals surface area contributed by atoms with E-state index in [1.165, 1.54) is 6.42 Å². The van der Waals surface area contributed by atoms with Crippen molar-refractivity contribution in [3.05, 3.63) is 29.8 Å². The third kappa shape index (κ3) is 4.47. The van der Waals surface area contributed by atoms with Gasteiger partial charge in [-0.25, -0.2) is 5.48 Å². The molecule has 1 amide bonds. The Morgan fingerprint density at radius 2 is 2.08 bits per heavy atom. The average molecular weight is 333 g/mol. The number of nitrogens with one attached hydrogen (secondary N) is 2. The molecule has 3 rings (SSSR count). The molecule has 2 aliphatic heterocycles. The van der Waals surface area contributed by atoms with Gasteiger partial charge >= 0.3 is 0 Å². The molecule has 0 unspecified atom stereocenters. The van der Waals surface area contributed by atoms with Gasteiger partial charge in [0.1, 0.15) is 0 Å². The second-order valence-corrected chi connectivity index (χ2v) is 6.60. The highest BCUT2D eigenvalue weighted by atomic mass is 16.7. The predicted octanol–water partition coefficient (Wildman–Crippen LogP) is 2.03. The van der Waals surface area contributed by atoms with Gasteiger partial charge in [-0.05, 0) is 51.4 Å². The van der Waals surface area contributed by atoms with E-state index in [0.29, 0.717) is 24.3 Å². The standard InChI is InChI=1S/C18H27N3O3/c1-21-10-4-5-15(21)13-24-20-18(22)16-6-2-3-7-17(16)19-14-8-11-23-12-9-14/h2-3,6-7,14-15,19H,4-5,8-13H2,1H3,(H,20,22)/t15-/m1/s1. The van der Waals surface area contributed by atoms with Crippen molar-refractivity contribution in [1.82, 2.24) is 10.4 Å². The summed E-state index contributed by atoms with van der Waals surface area (Å²) < 4.78 is 5.38. The van der Waals surface area contributed by atoms with Crippen molar-refractivity contribution < 1.29 is 14.4 Å². The van der Waals surface area contributed by atoms with Gasteiger partial charge in [-0.3, -0.25) is 9.63 Å². The van der Waals surface area contributed by atoms with Crippen LogP contribution in [-0.2, 0) is 9.57 Å². The molecular weight excluding hydrogens is 306 g/mol. The molecule has 2 aliphatic rings. The number of benzene rings is 1. The zero-order valence-electron chi connectivity index (χ0n) is 14.3. The molecule has 6 heteroatoms. The number of carbonyl (C=O) groups excluding carboxylic acids is 1. The third-order valence-corrected chi connectivity index (χ3v) is 4.86. The highest BCUT2D eigenvalue weighted by molar-refractivity contribution is 5.99. The number of likely N-dealkylation sites (N-methyl/N-ethyl adjacent to an activating group) is 1. The molecule has 0 radical (unpaired) electrons. The second kappa shape index (κ2) is 8.46. The molecule has 0 bridgehead atoms. The van der Waals surface area contributed by atoms with Gasteiger partial charge in [-0.2, -0.15) is 0 Å². The fourth-order valence-electron chi connectivity index (χ4n) is 3.32. The predicted molar refractivity (Wildman–Crippen MR) is 93.0 cm³/mol. The first-order chi connectivity index (χ1) is 11.7. The molecule has 2 heterocycles. The van der Waals surface area contributed by atoms with Gasteiger partial charge in [0, 0.05) is 31.0 Å². The van der Waals surface area contributed by atoms with E-state index in [-0.39, 0.29) is 5.91 Å². The van der Waals surface area contributed by atoms with Crippen LogP contribution in [0.25, 0.3) is 0 Å². The number of carbonyl (C=O) groups is 1. The Morgan fingerprint density at radius 3 is 2.83 bits per heavy atom. The molecule has 132 valence electrons. The SMILES string of the molecule is CN1CCC[C@@H]1CONC(=O)c1ccccc1NC1CCOCC1. The molecule has 0 saturated carbocycles. The zero-order valence-corrected chi connectivity index (χ0v) is 14.3. The number of amides is 1. The molecule has 24 heavy (non-hydrogen) atoms. The normalized spacial score (nSPS) is 22.5. The summed E-state index contributed by atoms with van der Waals surface area (Å²) in [7, 11) is 2.09. The van der Waals surface area contributed by atoms with Gasteiger partial charge in [-0.1, -0.05) is 12.1 Å². The topological polar surface area (TPSA) is 62.8 Å². The van der Waals surface area contributed by atoms with E-state index in [9.17, 15) is 4.79 Å². The number of nitrogens with zero attached hydrogens (tertiary/aromatic N) is 1. The van der Waals surface area contributed by atoms with Crippen LogP contribution in [-0.4, -0.2) is 56.3 Å². The van der Waals surface area contributed by atoms with E-state index < -0.39 is 0 Å². The summed E-state index contributed by atoms with van der Waals surface area (Å²) in [6.07, 6.45) is 4.23. The zero-order chi connectivity index (χ0) is 16.8. The maximum Gasteiger partial charge on any atom is 0.276 e. The summed E-state index contributed by atoms with van der Waals surface area (Å²) in [5.41, 5.74) is 4.06. The lowest BCUT2D eigenvalue weighted by Crippen LogP contribution is -2.34. The number of ether oxygens (including phenoxy) is 1. The molecule has 0 aromatic heterocycles. The lowest BCUT2D eigenvalue weighted by atomic mass is 10.1. The van der Waals surface area contributed by atoms with Crippen molar-refractivity contribution in [2.45, 2.75) is 37.8 Å². The average Bonchev–Trinajstić information content (AvgIpc) is 3.01. The largest absolute Gasteiger partial charge is 0.381 e. The van der Waals surface area contributed by atoms with Crippen LogP contribution in [0.1, 0.15) is 36.0 Å². The summed E-state index contributed by atoms with van der Waals surface area (Å²) in [4.78, 5) is 20.2. The minimum Gasteiger partial charge on any atom is -0.381 e. The third-order valence-electron chi connectivity index (χ3n) is 4.86. The van der Waals surface area contributed by atoms with Crippen molar-refractivity contribution in [2.75, 3.05) is 38.7 Å². The summed E-state index contributed by atoms with van der Waals surface area (Å²) in [6.45, 7) is 3.16. The molecule has 2 saturated heterocycles. The quantitative estimate of drug-likeness (QED) is 0.780. The number of hydrogen-bond donors (Lipinski definition) is 2. The van der Waals surface area contributed by atoms with Crippen LogP contribution in [0.3, 0.4) is 0 Å². The van der Waals surface area contributed by atoms with Crippen molar-refractivity contribution in [3.63, 3.8) is 0 Å². The Balaban J connectivity index is 1.53. The Hall–Kier alpha value is -1.63. The molecule has 1 atom stereocenters. The highest BCUT2D eigenvalue weighted by Crippen LogP contribution is 2.20. The van der Waals surface area contributed by atoms with Crippen LogP contribution in [0.15, 0.2) is 24.3 Å². The monoisotopic (exact) mass is 333 g/mol. The summed E-state index contributed by atoms with van der Waals surface area (Å²) in [5.74, 6) is -0.203. The lowest BCUT2D eigenvalue weighted by molar-refractivity contribution is 0.0124. The van der Waals surface area contributed by atoms with Crippen LogP contribution < -0.4 is 10.8 Å². The van der Waals surface area contributed by atoms with E-state index in [4.69, 9.17) is 9.57 Å². The molecule has 1 aromatic carbocycles. The molecule has 0 spiro atoms. The number of rotatable bonds is 6. The van der Waals surface area contributed by atoms with E-state index in [2.05, 4.69) is 22.7 Å². The number of likely N-dealkylation sites (tertiary alicyclic amines) is 1. The Morgan fingerprint density at radius 1 is 1.29 bits per heavy atom. The molecular formula is C18H27N3O3. The maximum atomic E-state index is 12.4. The smallest absolute Gasteiger partial charge is 0.276 e. The first kappa shape index (κ1) is 17.2. The Bertz CT molecular complexity index is 546. The van der Waals surface area contributed by atoms with Crippen LogP contribution in [0.5, 0.6) is 0 Å². The summed E-state index contributed by atoms with van der Waals surface area (Å²) in [6, 6.07) is 8.31. The van der Waals surface area contributed by atoms with Gasteiger partial charge in [0.2, 0.25) is 0 Å². The van der Waals surface area contributed by atoms with Gasteiger partial charge in [0.05, 0.1) is 12.2 Å². The molecule has 6 nitrogen and oxygen atoms in total. The van der Waals surface area contributed by atoms with E-state index in [1.54, 1.807) is 0 Å². The van der Waals surface area contributed by atoms with Crippen molar-refractivity contribution in [3.8, 4) is 0 Å². The number of hydrogen-bond acceptors (Lipinski definition) is 5. The number of anilines is 1. The van der Waals surface area contributed by atoms with E-state index in [1.807, 2.05) is 24.3 Å². The maximum absolute atomic E-state index is 12.4. The Kier molecular flexibility index (Phi) is 6.07. The van der Waals surface area contributed by atoms with Gasteiger partial charge < -0.3 is 15.0 Å². The molecule has 2 N–H and O–H groups in total. The number of para-hydroxylation sites is 1. The van der Waals surface area contributed by atoms with E-state index in [0.717, 1.165) is 44.7 Å².